The molecule has 0 fully saturated rings. The van der Waals surface area contributed by atoms with Crippen LogP contribution in [0.25, 0.3) is 11.6 Å². The Balaban J connectivity index is 2.10. The fraction of sp³-hybridized carbons (Fsp3) is 0.333. The zero-order valence-corrected chi connectivity index (χ0v) is 10.2. The highest BCUT2D eigenvalue weighted by atomic mass is 35.5. The first-order chi connectivity index (χ1) is 8.24. The SMILES string of the molecule is Cc1cnc(-c2nc(Cl)c3c(n2)CCC3)nc1. The molecule has 86 valence electrons. The van der Waals surface area contributed by atoms with Crippen LogP contribution in [0.3, 0.4) is 0 Å². The van der Waals surface area contributed by atoms with Crippen molar-refractivity contribution in [2.24, 2.45) is 0 Å². The first-order valence-electron chi connectivity index (χ1n) is 5.58. The lowest BCUT2D eigenvalue weighted by Crippen LogP contribution is -2.00. The quantitative estimate of drug-likeness (QED) is 0.725. The van der Waals surface area contributed by atoms with E-state index in [4.69, 9.17) is 11.6 Å². The molecule has 0 saturated carbocycles. The van der Waals surface area contributed by atoms with Crippen molar-refractivity contribution >= 4 is 11.6 Å². The lowest BCUT2D eigenvalue weighted by Gasteiger charge is -2.04. The van der Waals surface area contributed by atoms with Crippen molar-refractivity contribution in [1.82, 2.24) is 19.9 Å². The Labute approximate surface area is 104 Å². The number of halogens is 1. The van der Waals surface area contributed by atoms with E-state index in [0.29, 0.717) is 16.8 Å². The van der Waals surface area contributed by atoms with Gasteiger partial charge in [-0.25, -0.2) is 19.9 Å². The molecular formula is C12H11ClN4. The van der Waals surface area contributed by atoms with Gasteiger partial charge in [0.25, 0.3) is 0 Å². The molecular weight excluding hydrogens is 236 g/mol. The minimum Gasteiger partial charge on any atom is -0.234 e. The molecule has 5 heteroatoms. The van der Waals surface area contributed by atoms with Gasteiger partial charge in [0.05, 0.1) is 0 Å². The maximum Gasteiger partial charge on any atom is 0.199 e. The van der Waals surface area contributed by atoms with Gasteiger partial charge in [0.1, 0.15) is 5.15 Å². The van der Waals surface area contributed by atoms with Gasteiger partial charge in [-0.05, 0) is 31.7 Å². The van der Waals surface area contributed by atoms with E-state index in [1.165, 1.54) is 0 Å². The summed E-state index contributed by atoms with van der Waals surface area (Å²) >= 11 is 6.15. The number of hydrogen-bond donors (Lipinski definition) is 0. The van der Waals surface area contributed by atoms with Crippen LogP contribution >= 0.6 is 11.6 Å². The standard InChI is InChI=1S/C12H11ClN4/c1-7-5-14-11(15-6-7)12-16-9-4-2-3-8(9)10(13)17-12/h5-6H,2-4H2,1H3. The summed E-state index contributed by atoms with van der Waals surface area (Å²) in [6.45, 7) is 1.94. The zero-order valence-electron chi connectivity index (χ0n) is 9.44. The van der Waals surface area contributed by atoms with E-state index in [-0.39, 0.29) is 0 Å². The van der Waals surface area contributed by atoms with Crippen molar-refractivity contribution in [3.05, 3.63) is 34.4 Å². The monoisotopic (exact) mass is 246 g/mol. The molecule has 2 heterocycles. The van der Waals surface area contributed by atoms with Crippen LogP contribution in [0.2, 0.25) is 5.15 Å². The smallest absolute Gasteiger partial charge is 0.199 e. The van der Waals surface area contributed by atoms with Gasteiger partial charge < -0.3 is 0 Å². The van der Waals surface area contributed by atoms with Gasteiger partial charge >= 0.3 is 0 Å². The van der Waals surface area contributed by atoms with Crippen LogP contribution in [0.1, 0.15) is 23.2 Å². The third-order valence-electron chi connectivity index (χ3n) is 2.86. The molecule has 0 spiro atoms. The highest BCUT2D eigenvalue weighted by Gasteiger charge is 2.19. The molecule has 2 aromatic rings. The Morgan fingerprint density at radius 3 is 2.59 bits per heavy atom. The van der Waals surface area contributed by atoms with Crippen molar-refractivity contribution in [3.63, 3.8) is 0 Å². The average Bonchev–Trinajstić information content (AvgIpc) is 2.78. The Bertz CT molecular complexity index is 565. The van der Waals surface area contributed by atoms with E-state index in [2.05, 4.69) is 19.9 Å². The van der Waals surface area contributed by atoms with Crippen LogP contribution in [-0.2, 0) is 12.8 Å². The summed E-state index contributed by atoms with van der Waals surface area (Å²) in [6.07, 6.45) is 6.56. The van der Waals surface area contributed by atoms with E-state index in [0.717, 1.165) is 36.1 Å². The predicted molar refractivity (Wildman–Crippen MR) is 64.8 cm³/mol. The lowest BCUT2D eigenvalue weighted by atomic mass is 10.2. The first-order valence-corrected chi connectivity index (χ1v) is 5.96. The van der Waals surface area contributed by atoms with Crippen molar-refractivity contribution in [3.8, 4) is 11.6 Å². The summed E-state index contributed by atoms with van der Waals surface area (Å²) in [7, 11) is 0. The normalized spacial score (nSPS) is 13.8. The van der Waals surface area contributed by atoms with Gasteiger partial charge in [-0.3, -0.25) is 0 Å². The van der Waals surface area contributed by atoms with Gasteiger partial charge in [-0.15, -0.1) is 0 Å². The fourth-order valence-corrected chi connectivity index (χ4v) is 2.28. The van der Waals surface area contributed by atoms with Crippen molar-refractivity contribution < 1.29 is 0 Å². The minimum absolute atomic E-state index is 0.524. The summed E-state index contributed by atoms with van der Waals surface area (Å²) < 4.78 is 0. The molecule has 0 radical (unpaired) electrons. The van der Waals surface area contributed by atoms with Gasteiger partial charge in [0, 0.05) is 23.7 Å². The molecule has 0 saturated heterocycles. The molecule has 0 bridgehead atoms. The van der Waals surface area contributed by atoms with Crippen LogP contribution in [0.4, 0.5) is 0 Å². The molecule has 0 aliphatic heterocycles. The van der Waals surface area contributed by atoms with E-state index in [1.54, 1.807) is 12.4 Å². The Kier molecular flexibility index (Phi) is 2.52. The van der Waals surface area contributed by atoms with Crippen molar-refractivity contribution in [1.29, 1.82) is 0 Å². The Morgan fingerprint density at radius 2 is 1.82 bits per heavy atom. The molecule has 0 atom stereocenters. The van der Waals surface area contributed by atoms with Crippen LogP contribution in [0.15, 0.2) is 12.4 Å². The van der Waals surface area contributed by atoms with E-state index in [1.807, 2.05) is 6.92 Å². The van der Waals surface area contributed by atoms with Crippen LogP contribution in [-0.4, -0.2) is 19.9 Å². The molecule has 17 heavy (non-hydrogen) atoms. The van der Waals surface area contributed by atoms with Gasteiger partial charge in [-0.1, -0.05) is 11.6 Å². The second-order valence-electron chi connectivity index (χ2n) is 4.20. The van der Waals surface area contributed by atoms with Crippen LogP contribution in [0, 0.1) is 6.92 Å². The van der Waals surface area contributed by atoms with Crippen LogP contribution in [0.5, 0.6) is 0 Å². The Morgan fingerprint density at radius 1 is 1.06 bits per heavy atom. The highest BCUT2D eigenvalue weighted by molar-refractivity contribution is 6.30. The molecule has 2 aromatic heterocycles. The van der Waals surface area contributed by atoms with E-state index >= 15 is 0 Å². The number of aromatic nitrogens is 4. The minimum atomic E-state index is 0.524. The molecule has 4 nitrogen and oxygen atoms in total. The molecule has 1 aliphatic carbocycles. The molecule has 0 N–H and O–H groups in total. The van der Waals surface area contributed by atoms with Gasteiger partial charge in [-0.2, -0.15) is 0 Å². The second kappa shape index (κ2) is 4.04. The number of hydrogen-bond acceptors (Lipinski definition) is 4. The van der Waals surface area contributed by atoms with E-state index in [9.17, 15) is 0 Å². The summed E-state index contributed by atoms with van der Waals surface area (Å²) in [5.41, 5.74) is 3.15. The zero-order chi connectivity index (χ0) is 11.8. The molecule has 1 aliphatic rings. The molecule has 0 unspecified atom stereocenters. The maximum absolute atomic E-state index is 6.15. The number of aryl methyl sites for hydroxylation is 2. The maximum atomic E-state index is 6.15. The third kappa shape index (κ3) is 1.89. The number of nitrogens with zero attached hydrogens (tertiary/aromatic N) is 4. The van der Waals surface area contributed by atoms with Crippen molar-refractivity contribution in [2.45, 2.75) is 26.2 Å². The van der Waals surface area contributed by atoms with Gasteiger partial charge in [0.2, 0.25) is 0 Å². The van der Waals surface area contributed by atoms with E-state index < -0.39 is 0 Å². The summed E-state index contributed by atoms with van der Waals surface area (Å²) in [4.78, 5) is 17.2. The number of fused-ring (bicyclic) bond motifs is 1. The first kappa shape index (κ1) is 10.6. The van der Waals surface area contributed by atoms with Crippen molar-refractivity contribution in [2.75, 3.05) is 0 Å². The summed E-state index contributed by atoms with van der Waals surface area (Å²) in [6, 6.07) is 0. The van der Waals surface area contributed by atoms with Crippen LogP contribution < -0.4 is 0 Å². The topological polar surface area (TPSA) is 51.6 Å². The predicted octanol–water partition coefficient (Wildman–Crippen LogP) is 2.38. The van der Waals surface area contributed by atoms with Gasteiger partial charge in [0.15, 0.2) is 11.6 Å². The molecule has 0 aromatic carbocycles. The highest BCUT2D eigenvalue weighted by Crippen LogP contribution is 2.27. The molecule has 0 amide bonds. The molecule has 3 rings (SSSR count). The largest absolute Gasteiger partial charge is 0.234 e. The Hall–Kier alpha value is -1.55. The third-order valence-corrected chi connectivity index (χ3v) is 3.18. The fourth-order valence-electron chi connectivity index (χ4n) is 1.99. The second-order valence-corrected chi connectivity index (χ2v) is 4.56. The average molecular weight is 247 g/mol. The lowest BCUT2D eigenvalue weighted by molar-refractivity contribution is 0.899. The summed E-state index contributed by atoms with van der Waals surface area (Å²) in [5, 5.41) is 0.548. The number of rotatable bonds is 1. The summed E-state index contributed by atoms with van der Waals surface area (Å²) in [5.74, 6) is 1.06.